The van der Waals surface area contributed by atoms with Gasteiger partial charge in [-0.1, -0.05) is 6.08 Å². The van der Waals surface area contributed by atoms with Crippen LogP contribution < -0.4 is 0 Å². The van der Waals surface area contributed by atoms with Gasteiger partial charge in [0.2, 0.25) is 0 Å². The summed E-state index contributed by atoms with van der Waals surface area (Å²) >= 11 is 0. The summed E-state index contributed by atoms with van der Waals surface area (Å²) in [6.07, 6.45) is -9.31. The highest BCUT2D eigenvalue weighted by Gasteiger charge is 2.99. The molecule has 1 saturated carbocycles. The zero-order chi connectivity index (χ0) is 35.6. The molecule has 0 saturated heterocycles. The Morgan fingerprint density at radius 2 is 0.636 bits per heavy atom. The normalized spacial score (nSPS) is 22.5. The molecule has 0 spiro atoms. The van der Waals surface area contributed by atoms with Gasteiger partial charge < -0.3 is 0 Å². The molecule has 2 atom stereocenters. The number of hydrogen-bond donors (Lipinski definition) is 0. The molecule has 0 amide bonds. The SMILES string of the molecule is FC(F)(F)C(F)(F)C(F)(F)C(F)(F)C(F)(F)C(F)(F)C(F)(F)C(F)(F)C(F)(F)C(F)(F)C(F)(F)C(F)(F)C1=CC2CCC1C2. The standard InChI is InChI=1S/C19H9F25/c20-8(21,7-4-5-1-2-6(7)3-5)9(22,23)10(24,25)11(26,27)12(28,29)13(30,31)14(32,33)15(34,35)16(36,37)17(38,39)18(40,41)19(42,43)44/h4-6H,1-3H2. The summed E-state index contributed by atoms with van der Waals surface area (Å²) in [6.45, 7) is 0. The van der Waals surface area contributed by atoms with Crippen molar-refractivity contribution in [2.75, 3.05) is 0 Å². The summed E-state index contributed by atoms with van der Waals surface area (Å²) in [4.78, 5) is 0. The van der Waals surface area contributed by atoms with Gasteiger partial charge in [0.15, 0.2) is 0 Å². The fraction of sp³-hybridized carbons (Fsp3) is 0.895. The minimum absolute atomic E-state index is 0.0523. The third-order valence-corrected chi connectivity index (χ3v) is 6.99. The molecule has 2 rings (SSSR count). The van der Waals surface area contributed by atoms with Crippen molar-refractivity contribution in [1.82, 2.24) is 0 Å². The minimum Gasteiger partial charge on any atom is -0.194 e. The highest BCUT2D eigenvalue weighted by Crippen LogP contribution is 2.68. The Kier molecular flexibility index (Phi) is 8.26. The summed E-state index contributed by atoms with van der Waals surface area (Å²) < 4.78 is 338. The summed E-state index contributed by atoms with van der Waals surface area (Å²) in [6, 6.07) is 0. The highest BCUT2D eigenvalue weighted by molar-refractivity contribution is 5.31. The molecule has 2 bridgehead atoms. The first-order valence-corrected chi connectivity index (χ1v) is 10.8. The van der Waals surface area contributed by atoms with Crippen molar-refractivity contribution in [3.63, 3.8) is 0 Å². The van der Waals surface area contributed by atoms with Crippen LogP contribution in [0.25, 0.3) is 0 Å². The predicted octanol–water partition coefficient (Wildman–Crippen LogP) is 9.89. The molecule has 2 unspecified atom stereocenters. The topological polar surface area (TPSA) is 0 Å². The minimum atomic E-state index is -9.57. The van der Waals surface area contributed by atoms with Crippen LogP contribution in [0, 0.1) is 11.8 Å². The zero-order valence-corrected chi connectivity index (χ0v) is 19.8. The van der Waals surface area contributed by atoms with Gasteiger partial charge in [0.05, 0.1) is 0 Å². The van der Waals surface area contributed by atoms with Crippen molar-refractivity contribution < 1.29 is 110 Å². The van der Waals surface area contributed by atoms with Crippen LogP contribution in [0.15, 0.2) is 11.6 Å². The second-order valence-electron chi connectivity index (χ2n) is 9.71. The molecule has 0 N–H and O–H groups in total. The predicted molar refractivity (Wildman–Crippen MR) is 89.4 cm³/mol. The Morgan fingerprint density at radius 1 is 0.364 bits per heavy atom. The molecule has 0 heterocycles. The van der Waals surface area contributed by atoms with Crippen LogP contribution in [-0.2, 0) is 0 Å². The first-order chi connectivity index (χ1) is 18.8. The fourth-order valence-corrected chi connectivity index (χ4v) is 4.34. The van der Waals surface area contributed by atoms with Crippen molar-refractivity contribution in [2.45, 2.75) is 90.6 Å². The molecule has 1 fully saturated rings. The Morgan fingerprint density at radius 3 is 0.864 bits per heavy atom. The Bertz CT molecular complexity index is 1140. The molecule has 0 aromatic carbocycles. The van der Waals surface area contributed by atoms with E-state index in [9.17, 15) is 110 Å². The maximum atomic E-state index is 14.3. The van der Waals surface area contributed by atoms with Gasteiger partial charge in [0.1, 0.15) is 0 Å². The van der Waals surface area contributed by atoms with E-state index in [0.717, 1.165) is 0 Å². The van der Waals surface area contributed by atoms with Gasteiger partial charge in [-0.2, -0.15) is 110 Å². The number of hydrogen-bond acceptors (Lipinski definition) is 0. The van der Waals surface area contributed by atoms with Crippen LogP contribution in [0.1, 0.15) is 19.3 Å². The van der Waals surface area contributed by atoms with Crippen molar-refractivity contribution in [1.29, 1.82) is 0 Å². The third kappa shape index (κ3) is 4.22. The lowest BCUT2D eigenvalue weighted by Gasteiger charge is -2.46. The van der Waals surface area contributed by atoms with E-state index in [1.165, 1.54) is 0 Å². The van der Waals surface area contributed by atoms with E-state index in [1.807, 2.05) is 0 Å². The van der Waals surface area contributed by atoms with E-state index in [0.29, 0.717) is 0 Å². The van der Waals surface area contributed by atoms with Gasteiger partial charge in [-0.15, -0.1) is 0 Å². The number of alkyl halides is 25. The summed E-state index contributed by atoms with van der Waals surface area (Å²) in [7, 11) is 0. The van der Waals surface area contributed by atoms with Crippen LogP contribution in [0.5, 0.6) is 0 Å². The lowest BCUT2D eigenvalue weighted by Crippen LogP contribution is -2.78. The number of halogens is 25. The molecular weight excluding hydrogens is 703 g/mol. The van der Waals surface area contributed by atoms with Crippen LogP contribution in [0.4, 0.5) is 110 Å². The molecule has 0 aromatic rings. The maximum Gasteiger partial charge on any atom is 0.460 e. The maximum absolute atomic E-state index is 14.3. The van der Waals surface area contributed by atoms with Crippen LogP contribution >= 0.6 is 0 Å². The van der Waals surface area contributed by atoms with Crippen molar-refractivity contribution in [2.24, 2.45) is 11.8 Å². The molecule has 0 radical (unpaired) electrons. The van der Waals surface area contributed by atoms with Crippen LogP contribution in [0.3, 0.4) is 0 Å². The quantitative estimate of drug-likeness (QED) is 0.148. The zero-order valence-electron chi connectivity index (χ0n) is 19.8. The van der Waals surface area contributed by atoms with Gasteiger partial charge in [0, 0.05) is 5.57 Å². The number of allylic oxidation sites excluding steroid dienone is 2. The lowest BCUT2D eigenvalue weighted by molar-refractivity contribution is -0.481. The smallest absolute Gasteiger partial charge is 0.194 e. The lowest BCUT2D eigenvalue weighted by atomic mass is 9.82. The van der Waals surface area contributed by atoms with Crippen LogP contribution in [-0.4, -0.2) is 71.3 Å². The second kappa shape index (κ2) is 9.52. The van der Waals surface area contributed by atoms with Crippen molar-refractivity contribution in [3.05, 3.63) is 11.6 Å². The Hall–Kier alpha value is -2.01. The number of rotatable bonds is 11. The molecule has 0 aromatic heterocycles. The molecular formula is C19H9F25. The van der Waals surface area contributed by atoms with Gasteiger partial charge in [-0.25, -0.2) is 0 Å². The molecule has 260 valence electrons. The molecule has 2 aliphatic rings. The van der Waals surface area contributed by atoms with E-state index in [2.05, 4.69) is 0 Å². The van der Waals surface area contributed by atoms with Gasteiger partial charge >= 0.3 is 71.3 Å². The average Bonchev–Trinajstić information content (AvgIpc) is 3.46. The Labute approximate surface area is 225 Å². The molecule has 2 aliphatic carbocycles. The van der Waals surface area contributed by atoms with Gasteiger partial charge in [0.25, 0.3) is 0 Å². The fourth-order valence-electron chi connectivity index (χ4n) is 4.34. The highest BCUT2D eigenvalue weighted by atomic mass is 19.4. The largest absolute Gasteiger partial charge is 0.460 e. The summed E-state index contributed by atoms with van der Waals surface area (Å²) in [5.74, 6) is -101. The second-order valence-corrected chi connectivity index (χ2v) is 9.71. The number of fused-ring (bicyclic) bond motifs is 2. The molecule has 0 nitrogen and oxygen atoms in total. The monoisotopic (exact) mass is 712 g/mol. The van der Waals surface area contributed by atoms with Crippen LogP contribution in [0.2, 0.25) is 0 Å². The Balaban J connectivity index is 2.70. The molecule has 25 heteroatoms. The van der Waals surface area contributed by atoms with E-state index in [1.54, 1.807) is 0 Å². The van der Waals surface area contributed by atoms with E-state index < -0.39 is 102 Å². The van der Waals surface area contributed by atoms with E-state index >= 15 is 0 Å². The van der Waals surface area contributed by atoms with Gasteiger partial charge in [-0.3, -0.25) is 0 Å². The summed E-state index contributed by atoms with van der Waals surface area (Å²) in [5.41, 5.74) is -2.17. The first-order valence-electron chi connectivity index (χ1n) is 10.8. The molecule has 44 heavy (non-hydrogen) atoms. The van der Waals surface area contributed by atoms with E-state index in [-0.39, 0.29) is 12.5 Å². The first kappa shape index (κ1) is 38.2. The third-order valence-electron chi connectivity index (χ3n) is 6.99. The van der Waals surface area contributed by atoms with E-state index in [4.69, 9.17) is 0 Å². The van der Waals surface area contributed by atoms with Crippen molar-refractivity contribution >= 4 is 0 Å². The molecule has 0 aliphatic heterocycles. The van der Waals surface area contributed by atoms with Crippen molar-refractivity contribution in [3.8, 4) is 0 Å². The van der Waals surface area contributed by atoms with Gasteiger partial charge in [-0.05, 0) is 31.1 Å². The summed E-state index contributed by atoms with van der Waals surface area (Å²) in [5, 5.41) is 0. The average molecular weight is 712 g/mol.